The lowest BCUT2D eigenvalue weighted by Crippen LogP contribution is -1.99. The number of nitrogens with zero attached hydrogens (tertiary/aromatic N) is 1. The van der Waals surface area contributed by atoms with Gasteiger partial charge in [0.15, 0.2) is 11.5 Å². The molecule has 2 N–H and O–H groups in total. The molecule has 3 rings (SSSR count). The van der Waals surface area contributed by atoms with Crippen molar-refractivity contribution in [1.82, 2.24) is 4.57 Å². The number of rotatable bonds is 2. The third-order valence-corrected chi connectivity index (χ3v) is 3.86. The zero-order valence-electron chi connectivity index (χ0n) is 11.5. The molecular formula is C15H18N2O2. The van der Waals surface area contributed by atoms with Crippen molar-refractivity contribution in [1.29, 1.82) is 0 Å². The van der Waals surface area contributed by atoms with E-state index in [2.05, 4.69) is 31.5 Å². The Bertz CT molecular complexity index is 644. The van der Waals surface area contributed by atoms with Crippen molar-refractivity contribution < 1.29 is 9.47 Å². The first-order chi connectivity index (χ1) is 9.11. The van der Waals surface area contributed by atoms with Crippen LogP contribution >= 0.6 is 0 Å². The normalized spacial score (nSPS) is 13.1. The second kappa shape index (κ2) is 4.31. The number of hydrogen-bond donors (Lipinski definition) is 1. The molecule has 100 valence electrons. The van der Waals surface area contributed by atoms with Crippen LogP contribution in [0.2, 0.25) is 0 Å². The highest BCUT2D eigenvalue weighted by Gasteiger charge is 2.18. The molecule has 0 aliphatic carbocycles. The molecule has 0 radical (unpaired) electrons. The van der Waals surface area contributed by atoms with Gasteiger partial charge in [0.05, 0.1) is 0 Å². The van der Waals surface area contributed by atoms with E-state index >= 15 is 0 Å². The van der Waals surface area contributed by atoms with E-state index in [1.807, 2.05) is 12.1 Å². The van der Waals surface area contributed by atoms with Crippen LogP contribution in [0, 0.1) is 13.8 Å². The summed E-state index contributed by atoms with van der Waals surface area (Å²) in [6.07, 6.45) is 0. The van der Waals surface area contributed by atoms with Crippen LogP contribution in [0.1, 0.15) is 16.8 Å². The molecule has 1 aliphatic rings. The Kier molecular flexibility index (Phi) is 2.75. The molecule has 2 heterocycles. The molecule has 0 fully saturated rings. The summed E-state index contributed by atoms with van der Waals surface area (Å²) >= 11 is 0. The van der Waals surface area contributed by atoms with Crippen molar-refractivity contribution in [3.8, 4) is 22.8 Å². The maximum Gasteiger partial charge on any atom is 0.231 e. The molecule has 0 bridgehead atoms. The maximum atomic E-state index is 5.78. The Morgan fingerprint density at radius 1 is 1.16 bits per heavy atom. The number of benzene rings is 1. The summed E-state index contributed by atoms with van der Waals surface area (Å²) < 4.78 is 13.0. The summed E-state index contributed by atoms with van der Waals surface area (Å²) in [6, 6.07) is 6.23. The van der Waals surface area contributed by atoms with E-state index in [9.17, 15) is 0 Å². The van der Waals surface area contributed by atoms with Gasteiger partial charge >= 0.3 is 0 Å². The van der Waals surface area contributed by atoms with Gasteiger partial charge in [-0.25, -0.2) is 0 Å². The van der Waals surface area contributed by atoms with Crippen molar-refractivity contribution >= 4 is 0 Å². The Labute approximate surface area is 112 Å². The van der Waals surface area contributed by atoms with Gasteiger partial charge in [-0.1, -0.05) is 0 Å². The molecule has 0 unspecified atom stereocenters. The van der Waals surface area contributed by atoms with Crippen LogP contribution in [-0.2, 0) is 13.6 Å². The van der Waals surface area contributed by atoms with Crippen molar-refractivity contribution in [3.05, 3.63) is 35.0 Å². The molecule has 4 nitrogen and oxygen atoms in total. The van der Waals surface area contributed by atoms with Crippen LogP contribution < -0.4 is 15.2 Å². The van der Waals surface area contributed by atoms with Crippen LogP contribution in [0.4, 0.5) is 0 Å². The van der Waals surface area contributed by atoms with Crippen molar-refractivity contribution in [3.63, 3.8) is 0 Å². The molecule has 1 aromatic carbocycles. The fourth-order valence-corrected chi connectivity index (χ4v) is 2.55. The molecule has 19 heavy (non-hydrogen) atoms. The van der Waals surface area contributed by atoms with Gasteiger partial charge in [-0.3, -0.25) is 0 Å². The van der Waals surface area contributed by atoms with Crippen LogP contribution in [-0.4, -0.2) is 11.4 Å². The first-order valence-electron chi connectivity index (χ1n) is 6.37. The van der Waals surface area contributed by atoms with Gasteiger partial charge in [0.1, 0.15) is 0 Å². The molecule has 2 aromatic rings. The summed E-state index contributed by atoms with van der Waals surface area (Å²) in [5.74, 6) is 1.64. The molecule has 1 aromatic heterocycles. The number of nitrogens with two attached hydrogens (primary N) is 1. The van der Waals surface area contributed by atoms with E-state index < -0.39 is 0 Å². The number of aryl methyl sites for hydroxylation is 1. The van der Waals surface area contributed by atoms with Gasteiger partial charge in [-0.15, -0.1) is 0 Å². The molecule has 0 spiro atoms. The standard InChI is InChI=1S/C15H18N2O2/c1-9-4-14-15(19-8-18-14)6-12(9)13-5-11(7-16)10(2)17(13)3/h4-6H,7-8,16H2,1-3H3. The van der Waals surface area contributed by atoms with E-state index in [0.29, 0.717) is 13.3 Å². The highest BCUT2D eigenvalue weighted by Crippen LogP contribution is 2.39. The summed E-state index contributed by atoms with van der Waals surface area (Å²) in [6.45, 7) is 5.04. The fraction of sp³-hybridized carbons (Fsp3) is 0.333. The first kappa shape index (κ1) is 12.1. The van der Waals surface area contributed by atoms with E-state index in [1.165, 1.54) is 16.8 Å². The highest BCUT2D eigenvalue weighted by molar-refractivity contribution is 5.70. The fourth-order valence-electron chi connectivity index (χ4n) is 2.55. The topological polar surface area (TPSA) is 49.4 Å². The van der Waals surface area contributed by atoms with E-state index in [4.69, 9.17) is 15.2 Å². The lowest BCUT2D eigenvalue weighted by molar-refractivity contribution is 0.174. The predicted molar refractivity (Wildman–Crippen MR) is 74.3 cm³/mol. The second-order valence-electron chi connectivity index (χ2n) is 4.92. The number of aromatic nitrogens is 1. The third kappa shape index (κ3) is 1.79. The van der Waals surface area contributed by atoms with E-state index in [-0.39, 0.29) is 0 Å². The lowest BCUT2D eigenvalue weighted by Gasteiger charge is -2.10. The zero-order valence-corrected chi connectivity index (χ0v) is 11.5. The average molecular weight is 258 g/mol. The minimum atomic E-state index is 0.304. The molecule has 4 heteroatoms. The van der Waals surface area contributed by atoms with Gasteiger partial charge in [0.25, 0.3) is 0 Å². The molecule has 1 aliphatic heterocycles. The molecule has 0 saturated heterocycles. The molecule has 0 amide bonds. The van der Waals surface area contributed by atoms with E-state index in [0.717, 1.165) is 22.8 Å². The van der Waals surface area contributed by atoms with Crippen LogP contribution in [0.15, 0.2) is 18.2 Å². The quantitative estimate of drug-likeness (QED) is 0.900. The number of ether oxygens (including phenoxy) is 2. The maximum absolute atomic E-state index is 5.78. The molecular weight excluding hydrogens is 240 g/mol. The Balaban J connectivity index is 2.17. The largest absolute Gasteiger partial charge is 0.454 e. The summed E-state index contributed by atoms with van der Waals surface area (Å²) in [4.78, 5) is 0. The Hall–Kier alpha value is -1.94. The first-order valence-corrected chi connectivity index (χ1v) is 6.37. The third-order valence-electron chi connectivity index (χ3n) is 3.86. The van der Waals surface area contributed by atoms with Gasteiger partial charge in [0, 0.05) is 30.5 Å². The monoisotopic (exact) mass is 258 g/mol. The van der Waals surface area contributed by atoms with Crippen molar-refractivity contribution in [2.24, 2.45) is 12.8 Å². The predicted octanol–water partition coefficient (Wildman–Crippen LogP) is 2.50. The Morgan fingerprint density at radius 2 is 1.84 bits per heavy atom. The van der Waals surface area contributed by atoms with Crippen LogP contribution in [0.3, 0.4) is 0 Å². The SMILES string of the molecule is Cc1cc2c(cc1-c1cc(CN)c(C)n1C)OCO2. The van der Waals surface area contributed by atoms with Gasteiger partial charge in [0.2, 0.25) is 6.79 Å². The smallest absolute Gasteiger partial charge is 0.231 e. The highest BCUT2D eigenvalue weighted by atomic mass is 16.7. The Morgan fingerprint density at radius 3 is 2.47 bits per heavy atom. The van der Waals surface area contributed by atoms with Gasteiger partial charge < -0.3 is 19.8 Å². The van der Waals surface area contributed by atoms with Crippen LogP contribution in [0.5, 0.6) is 11.5 Å². The van der Waals surface area contributed by atoms with Gasteiger partial charge in [-0.05, 0) is 43.2 Å². The number of hydrogen-bond acceptors (Lipinski definition) is 3. The van der Waals surface area contributed by atoms with Crippen LogP contribution in [0.25, 0.3) is 11.3 Å². The lowest BCUT2D eigenvalue weighted by atomic mass is 10.0. The summed E-state index contributed by atoms with van der Waals surface area (Å²) in [7, 11) is 2.06. The van der Waals surface area contributed by atoms with Crippen molar-refractivity contribution in [2.45, 2.75) is 20.4 Å². The number of fused-ring (bicyclic) bond motifs is 1. The van der Waals surface area contributed by atoms with Crippen molar-refractivity contribution in [2.75, 3.05) is 6.79 Å². The molecule has 0 saturated carbocycles. The molecule has 0 atom stereocenters. The average Bonchev–Trinajstić information content (AvgIpc) is 2.95. The summed E-state index contributed by atoms with van der Waals surface area (Å²) in [5.41, 5.74) is 11.7. The summed E-state index contributed by atoms with van der Waals surface area (Å²) in [5, 5.41) is 0. The van der Waals surface area contributed by atoms with Gasteiger partial charge in [-0.2, -0.15) is 0 Å². The minimum absolute atomic E-state index is 0.304. The van der Waals surface area contributed by atoms with E-state index in [1.54, 1.807) is 0 Å². The zero-order chi connectivity index (χ0) is 13.6. The second-order valence-corrected chi connectivity index (χ2v) is 4.92. The minimum Gasteiger partial charge on any atom is -0.454 e.